The van der Waals surface area contributed by atoms with Crippen LogP contribution < -0.4 is 15.9 Å². The molecule has 3 aromatic carbocycles. The topological polar surface area (TPSA) is 64.2 Å². The van der Waals surface area contributed by atoms with Gasteiger partial charge in [0, 0.05) is 5.25 Å². The molecule has 0 bridgehead atoms. The largest absolute Gasteiger partial charge is 0.405 e. The van der Waals surface area contributed by atoms with Gasteiger partial charge in [-0.3, -0.25) is 4.79 Å². The van der Waals surface area contributed by atoms with Crippen LogP contribution in [0.3, 0.4) is 0 Å². The van der Waals surface area contributed by atoms with Gasteiger partial charge in [0.1, 0.15) is 5.82 Å². The highest BCUT2D eigenvalue weighted by Gasteiger charge is 2.50. The van der Waals surface area contributed by atoms with Crippen molar-refractivity contribution >= 4 is 41.4 Å². The maximum absolute atomic E-state index is 12.5. The molecule has 5 nitrogen and oxygen atoms in total. The van der Waals surface area contributed by atoms with E-state index in [1.807, 2.05) is 36.9 Å². The molecule has 1 N–H and O–H groups in total. The van der Waals surface area contributed by atoms with Crippen LogP contribution in [-0.2, 0) is 14.9 Å². The third-order valence-corrected chi connectivity index (χ3v) is 14.0. The lowest BCUT2D eigenvalue weighted by Crippen LogP contribution is -2.67. The zero-order chi connectivity index (χ0) is 27.5. The number of thioether (sulfide) groups is 1. The van der Waals surface area contributed by atoms with Crippen molar-refractivity contribution in [1.82, 2.24) is 9.97 Å². The first-order valence-electron chi connectivity index (χ1n) is 13.7. The monoisotopic (exact) mass is 558 g/mol. The van der Waals surface area contributed by atoms with E-state index in [9.17, 15) is 4.79 Å². The van der Waals surface area contributed by atoms with Crippen LogP contribution >= 0.6 is 11.8 Å². The Morgan fingerprint density at radius 1 is 0.974 bits per heavy atom. The SMILES string of the molecule is Cc1cccc2c(=O)[nH]c(CS[C@H]3CC[C@@H](CO[Si](c4ccccc4)(c4ccccc4)C(C)(C)C)OC3)nc12. The van der Waals surface area contributed by atoms with Crippen molar-refractivity contribution in [2.75, 3.05) is 13.2 Å². The first kappa shape index (κ1) is 27.8. The quantitative estimate of drug-likeness (QED) is 0.286. The Hall–Kier alpha value is -2.71. The Balaban J connectivity index is 1.24. The number of hydrogen-bond acceptors (Lipinski definition) is 5. The third-order valence-electron chi connectivity index (χ3n) is 7.67. The second kappa shape index (κ2) is 11.8. The van der Waals surface area contributed by atoms with E-state index >= 15 is 0 Å². The Morgan fingerprint density at radius 3 is 2.23 bits per heavy atom. The molecule has 0 spiro atoms. The number of ether oxygens (including phenoxy) is 1. The lowest BCUT2D eigenvalue weighted by molar-refractivity contribution is -0.0102. The van der Waals surface area contributed by atoms with Crippen LogP contribution in [0.5, 0.6) is 0 Å². The summed E-state index contributed by atoms with van der Waals surface area (Å²) in [4.78, 5) is 20.2. The number of fused-ring (bicyclic) bond motifs is 1. The maximum Gasteiger partial charge on any atom is 0.261 e. The predicted octanol–water partition coefficient (Wildman–Crippen LogP) is 5.59. The molecule has 2 heterocycles. The van der Waals surface area contributed by atoms with Crippen LogP contribution in [0.15, 0.2) is 83.7 Å². The molecular formula is C32H38N2O3SSi. The average Bonchev–Trinajstić information content (AvgIpc) is 2.94. The van der Waals surface area contributed by atoms with E-state index in [0.29, 0.717) is 29.6 Å². The van der Waals surface area contributed by atoms with E-state index in [1.165, 1.54) is 10.4 Å². The van der Waals surface area contributed by atoms with Crippen LogP contribution in [0.25, 0.3) is 10.9 Å². The molecule has 0 radical (unpaired) electrons. The van der Waals surface area contributed by atoms with Gasteiger partial charge in [-0.25, -0.2) is 4.98 Å². The van der Waals surface area contributed by atoms with Crippen LogP contribution in [0, 0.1) is 6.92 Å². The number of aromatic nitrogens is 2. The molecule has 0 aliphatic carbocycles. The zero-order valence-electron chi connectivity index (χ0n) is 23.3. The maximum atomic E-state index is 12.5. The van der Waals surface area contributed by atoms with Crippen LogP contribution in [0.1, 0.15) is 45.0 Å². The summed E-state index contributed by atoms with van der Waals surface area (Å²) in [5, 5.41) is 3.55. The van der Waals surface area contributed by atoms with Crippen LogP contribution in [-0.4, -0.2) is 42.9 Å². The van der Waals surface area contributed by atoms with Crippen LogP contribution in [0.4, 0.5) is 0 Å². The highest BCUT2D eigenvalue weighted by atomic mass is 32.2. The van der Waals surface area contributed by atoms with Crippen molar-refractivity contribution in [1.29, 1.82) is 0 Å². The van der Waals surface area contributed by atoms with E-state index in [0.717, 1.165) is 29.7 Å². The third kappa shape index (κ3) is 5.92. The lowest BCUT2D eigenvalue weighted by Gasteiger charge is -2.44. The molecule has 1 fully saturated rings. The van der Waals surface area contributed by atoms with E-state index in [2.05, 4.69) is 86.4 Å². The number of nitrogens with zero attached hydrogens (tertiary/aromatic N) is 1. The highest BCUT2D eigenvalue weighted by molar-refractivity contribution is 7.99. The molecule has 7 heteroatoms. The zero-order valence-corrected chi connectivity index (χ0v) is 25.1. The average molecular weight is 559 g/mol. The first-order chi connectivity index (χ1) is 18.8. The standard InChI is InChI=1S/C32H38N2O3SSi/c1-23-12-11-17-28-30(23)33-29(34-31(28)35)22-38-25-19-18-24(36-21-25)20-37-39(32(2,3)4,26-13-7-5-8-14-26)27-15-9-6-10-16-27/h5-17,24-25H,18-22H2,1-4H3,(H,33,34,35)/t24-,25-/m0/s1. The van der Waals surface area contributed by atoms with E-state index in [4.69, 9.17) is 14.1 Å². The summed E-state index contributed by atoms with van der Waals surface area (Å²) in [6.07, 6.45) is 2.08. The van der Waals surface area contributed by atoms with Gasteiger partial charge in [0.05, 0.1) is 36.0 Å². The molecule has 0 saturated carbocycles. The lowest BCUT2D eigenvalue weighted by atomic mass is 10.1. The highest BCUT2D eigenvalue weighted by Crippen LogP contribution is 2.37. The van der Waals surface area contributed by atoms with Crippen molar-refractivity contribution in [3.05, 3.63) is 101 Å². The Bertz CT molecular complexity index is 1410. The molecule has 1 aliphatic heterocycles. The number of aryl methyl sites for hydroxylation is 1. The summed E-state index contributed by atoms with van der Waals surface area (Å²) in [5.41, 5.74) is 1.74. The number of nitrogens with one attached hydrogen (secondary N) is 1. The van der Waals surface area contributed by atoms with Gasteiger partial charge in [0.15, 0.2) is 0 Å². The fourth-order valence-electron chi connectivity index (χ4n) is 5.64. The molecule has 4 aromatic rings. The van der Waals surface area contributed by atoms with Gasteiger partial charge in [-0.05, 0) is 46.8 Å². The van der Waals surface area contributed by atoms with Gasteiger partial charge >= 0.3 is 0 Å². The fraction of sp³-hybridized carbons (Fsp3) is 0.375. The first-order valence-corrected chi connectivity index (χ1v) is 16.7. The summed E-state index contributed by atoms with van der Waals surface area (Å²) >= 11 is 1.81. The summed E-state index contributed by atoms with van der Waals surface area (Å²) in [7, 11) is -2.57. The molecule has 0 unspecified atom stereocenters. The van der Waals surface area contributed by atoms with E-state index in [1.54, 1.807) is 0 Å². The van der Waals surface area contributed by atoms with E-state index < -0.39 is 8.32 Å². The summed E-state index contributed by atoms with van der Waals surface area (Å²) in [6.45, 7) is 10.2. The number of rotatable bonds is 8. The minimum atomic E-state index is -2.57. The number of para-hydroxylation sites is 1. The van der Waals surface area contributed by atoms with Crippen molar-refractivity contribution in [3.63, 3.8) is 0 Å². The normalized spacial score (nSPS) is 18.4. The van der Waals surface area contributed by atoms with Gasteiger partial charge in [0.2, 0.25) is 0 Å². The molecule has 1 aromatic heterocycles. The molecule has 0 amide bonds. The predicted molar refractivity (Wildman–Crippen MR) is 165 cm³/mol. The number of aromatic amines is 1. The van der Waals surface area contributed by atoms with Gasteiger partial charge in [-0.2, -0.15) is 0 Å². The van der Waals surface area contributed by atoms with Crippen LogP contribution in [0.2, 0.25) is 5.04 Å². The second-order valence-corrected chi connectivity index (χ2v) is 17.0. The van der Waals surface area contributed by atoms with Crippen molar-refractivity contribution in [2.45, 2.75) is 62.7 Å². The molecular weight excluding hydrogens is 521 g/mol. The van der Waals surface area contributed by atoms with Crippen molar-refractivity contribution in [2.24, 2.45) is 0 Å². The van der Waals surface area contributed by atoms with E-state index in [-0.39, 0.29) is 16.7 Å². The van der Waals surface area contributed by atoms with Gasteiger partial charge in [0.25, 0.3) is 13.9 Å². The Labute approximate surface area is 236 Å². The molecule has 5 rings (SSSR count). The Kier molecular flexibility index (Phi) is 8.42. The molecule has 39 heavy (non-hydrogen) atoms. The molecule has 1 aliphatic rings. The number of benzene rings is 3. The fourth-order valence-corrected chi connectivity index (χ4v) is 11.2. The smallest absolute Gasteiger partial charge is 0.261 e. The molecule has 1 saturated heterocycles. The van der Waals surface area contributed by atoms with Crippen molar-refractivity contribution in [3.8, 4) is 0 Å². The summed E-state index contributed by atoms with van der Waals surface area (Å²) in [5.74, 6) is 1.39. The van der Waals surface area contributed by atoms with Crippen molar-refractivity contribution < 1.29 is 9.16 Å². The Morgan fingerprint density at radius 2 is 1.64 bits per heavy atom. The summed E-state index contributed by atoms with van der Waals surface area (Å²) in [6, 6.07) is 27.3. The second-order valence-electron chi connectivity index (χ2n) is 11.4. The summed E-state index contributed by atoms with van der Waals surface area (Å²) < 4.78 is 13.4. The molecule has 2 atom stereocenters. The van der Waals surface area contributed by atoms with Gasteiger partial charge in [-0.15, -0.1) is 11.8 Å². The van der Waals surface area contributed by atoms with Gasteiger partial charge < -0.3 is 14.1 Å². The van der Waals surface area contributed by atoms with Gasteiger partial charge in [-0.1, -0.05) is 93.6 Å². The minimum absolute atomic E-state index is 0.0507. The number of hydrogen-bond donors (Lipinski definition) is 1. The number of H-pyrrole nitrogens is 1. The minimum Gasteiger partial charge on any atom is -0.405 e. The molecule has 204 valence electrons.